The molecule has 29 heavy (non-hydrogen) atoms. The van der Waals surface area contributed by atoms with Crippen molar-refractivity contribution in [2.45, 2.75) is 13.3 Å². The zero-order chi connectivity index (χ0) is 20.6. The standard InChI is InChI=1S/C22H25ClN2O4/c1-2-28-19-8-10-20(11-9-19)29-16-21(26)24-12-3-13-25(15-14-24)22(27)17-4-6-18(23)7-5-17/h4-11H,2-3,12-16H2,1H3. The summed E-state index contributed by atoms with van der Waals surface area (Å²) in [7, 11) is 0. The van der Waals surface area contributed by atoms with Gasteiger partial charge in [0.1, 0.15) is 11.5 Å². The number of hydrogen-bond donors (Lipinski definition) is 0. The van der Waals surface area contributed by atoms with Crippen LogP contribution in [0.2, 0.25) is 5.02 Å². The van der Waals surface area contributed by atoms with E-state index in [1.165, 1.54) is 0 Å². The highest BCUT2D eigenvalue weighted by Gasteiger charge is 2.23. The molecule has 1 fully saturated rings. The highest BCUT2D eigenvalue weighted by molar-refractivity contribution is 6.30. The van der Waals surface area contributed by atoms with Crippen molar-refractivity contribution in [1.82, 2.24) is 9.80 Å². The maximum absolute atomic E-state index is 12.7. The van der Waals surface area contributed by atoms with Gasteiger partial charge in [-0.3, -0.25) is 9.59 Å². The van der Waals surface area contributed by atoms with E-state index in [9.17, 15) is 9.59 Å². The average Bonchev–Trinajstić information content (AvgIpc) is 3.00. The third-order valence-corrected chi connectivity index (χ3v) is 4.98. The van der Waals surface area contributed by atoms with Gasteiger partial charge in [0.2, 0.25) is 0 Å². The number of benzene rings is 2. The number of carbonyl (C=O) groups is 2. The van der Waals surface area contributed by atoms with Crippen LogP contribution in [-0.2, 0) is 4.79 Å². The predicted molar refractivity (Wildman–Crippen MR) is 112 cm³/mol. The summed E-state index contributed by atoms with van der Waals surface area (Å²) in [6, 6.07) is 14.1. The number of hydrogen-bond acceptors (Lipinski definition) is 4. The number of nitrogens with zero attached hydrogens (tertiary/aromatic N) is 2. The molecular weight excluding hydrogens is 392 g/mol. The summed E-state index contributed by atoms with van der Waals surface area (Å²) in [5.74, 6) is 1.27. The Balaban J connectivity index is 1.50. The van der Waals surface area contributed by atoms with E-state index < -0.39 is 0 Å². The highest BCUT2D eigenvalue weighted by atomic mass is 35.5. The molecule has 0 atom stereocenters. The van der Waals surface area contributed by atoms with E-state index in [2.05, 4.69) is 0 Å². The van der Waals surface area contributed by atoms with Crippen molar-refractivity contribution in [1.29, 1.82) is 0 Å². The lowest BCUT2D eigenvalue weighted by Crippen LogP contribution is -2.39. The van der Waals surface area contributed by atoms with Gasteiger partial charge in [0.05, 0.1) is 6.61 Å². The number of amides is 2. The maximum Gasteiger partial charge on any atom is 0.260 e. The molecule has 7 heteroatoms. The van der Waals surface area contributed by atoms with Gasteiger partial charge in [-0.25, -0.2) is 0 Å². The Hall–Kier alpha value is -2.73. The molecule has 1 aliphatic rings. The molecule has 1 heterocycles. The molecule has 0 aliphatic carbocycles. The smallest absolute Gasteiger partial charge is 0.260 e. The van der Waals surface area contributed by atoms with Gasteiger partial charge >= 0.3 is 0 Å². The van der Waals surface area contributed by atoms with Gasteiger partial charge in [0, 0.05) is 36.8 Å². The van der Waals surface area contributed by atoms with E-state index in [1.807, 2.05) is 19.1 Å². The third kappa shape index (κ3) is 5.87. The molecular formula is C22H25ClN2O4. The molecule has 2 amide bonds. The van der Waals surface area contributed by atoms with Crippen LogP contribution in [0.4, 0.5) is 0 Å². The molecule has 3 rings (SSSR count). The Bertz CT molecular complexity index is 824. The van der Waals surface area contributed by atoms with Gasteiger partial charge in [-0.1, -0.05) is 11.6 Å². The second-order valence-corrected chi connectivity index (χ2v) is 7.16. The lowest BCUT2D eigenvalue weighted by molar-refractivity contribution is -0.133. The van der Waals surface area contributed by atoms with Crippen LogP contribution < -0.4 is 9.47 Å². The first-order chi connectivity index (χ1) is 14.1. The molecule has 0 radical (unpaired) electrons. The molecule has 154 valence electrons. The molecule has 0 spiro atoms. The van der Waals surface area contributed by atoms with E-state index in [0.717, 1.165) is 12.2 Å². The third-order valence-electron chi connectivity index (χ3n) is 4.72. The van der Waals surface area contributed by atoms with Gasteiger partial charge in [-0.05, 0) is 61.9 Å². The summed E-state index contributed by atoms with van der Waals surface area (Å²) in [4.78, 5) is 28.7. The molecule has 6 nitrogen and oxygen atoms in total. The summed E-state index contributed by atoms with van der Waals surface area (Å²) in [6.07, 6.45) is 0.730. The predicted octanol–water partition coefficient (Wildman–Crippen LogP) is 3.49. The number of ether oxygens (including phenoxy) is 2. The van der Waals surface area contributed by atoms with Crippen molar-refractivity contribution < 1.29 is 19.1 Å². The second kappa shape index (κ2) is 10.2. The molecule has 2 aromatic rings. The number of halogens is 1. The minimum atomic E-state index is -0.0836. The van der Waals surface area contributed by atoms with E-state index in [0.29, 0.717) is 49.1 Å². The molecule has 0 aromatic heterocycles. The molecule has 0 unspecified atom stereocenters. The van der Waals surface area contributed by atoms with Crippen molar-refractivity contribution in [2.75, 3.05) is 39.4 Å². The maximum atomic E-state index is 12.7. The van der Waals surface area contributed by atoms with Crippen LogP contribution in [0.15, 0.2) is 48.5 Å². The van der Waals surface area contributed by atoms with Crippen molar-refractivity contribution >= 4 is 23.4 Å². The van der Waals surface area contributed by atoms with Crippen molar-refractivity contribution in [3.8, 4) is 11.5 Å². The van der Waals surface area contributed by atoms with Crippen molar-refractivity contribution in [3.63, 3.8) is 0 Å². The molecule has 1 saturated heterocycles. The van der Waals surface area contributed by atoms with E-state index in [4.69, 9.17) is 21.1 Å². The lowest BCUT2D eigenvalue weighted by Gasteiger charge is -2.22. The molecule has 0 bridgehead atoms. The summed E-state index contributed by atoms with van der Waals surface area (Å²) >= 11 is 5.89. The van der Waals surface area contributed by atoms with Gasteiger partial charge in [0.25, 0.3) is 11.8 Å². The average molecular weight is 417 g/mol. The fourth-order valence-corrected chi connectivity index (χ4v) is 3.31. The molecule has 1 aliphatic heterocycles. The SMILES string of the molecule is CCOc1ccc(OCC(=O)N2CCCN(C(=O)c3ccc(Cl)cc3)CC2)cc1. The quantitative estimate of drug-likeness (QED) is 0.723. The van der Waals surface area contributed by atoms with Crippen LogP contribution in [0.3, 0.4) is 0 Å². The van der Waals surface area contributed by atoms with Crippen LogP contribution >= 0.6 is 11.6 Å². The Morgan fingerprint density at radius 3 is 2.10 bits per heavy atom. The van der Waals surface area contributed by atoms with Gasteiger partial charge in [-0.2, -0.15) is 0 Å². The normalized spacial score (nSPS) is 14.3. The van der Waals surface area contributed by atoms with Gasteiger partial charge < -0.3 is 19.3 Å². The van der Waals surface area contributed by atoms with Crippen molar-refractivity contribution in [2.24, 2.45) is 0 Å². The first kappa shape index (κ1) is 21.0. The van der Waals surface area contributed by atoms with E-state index in [-0.39, 0.29) is 18.4 Å². The monoisotopic (exact) mass is 416 g/mol. The first-order valence-electron chi connectivity index (χ1n) is 9.75. The van der Waals surface area contributed by atoms with Gasteiger partial charge in [-0.15, -0.1) is 0 Å². The van der Waals surface area contributed by atoms with Crippen LogP contribution in [-0.4, -0.2) is 61.0 Å². The summed E-state index contributed by atoms with van der Waals surface area (Å²) in [5, 5.41) is 0.599. The summed E-state index contributed by atoms with van der Waals surface area (Å²) < 4.78 is 11.0. The Morgan fingerprint density at radius 1 is 0.862 bits per heavy atom. The Kier molecular flexibility index (Phi) is 7.36. The summed E-state index contributed by atoms with van der Waals surface area (Å²) in [6.45, 7) is 4.71. The van der Waals surface area contributed by atoms with Crippen LogP contribution in [0.1, 0.15) is 23.7 Å². The first-order valence-corrected chi connectivity index (χ1v) is 10.1. The molecule has 0 N–H and O–H groups in total. The number of carbonyl (C=O) groups excluding carboxylic acids is 2. The van der Waals surface area contributed by atoms with Crippen molar-refractivity contribution in [3.05, 3.63) is 59.1 Å². The molecule has 2 aromatic carbocycles. The van der Waals surface area contributed by atoms with Crippen LogP contribution in [0, 0.1) is 0 Å². The summed E-state index contributed by atoms with van der Waals surface area (Å²) in [5.41, 5.74) is 0.605. The van der Waals surface area contributed by atoms with E-state index in [1.54, 1.807) is 46.2 Å². The van der Waals surface area contributed by atoms with E-state index >= 15 is 0 Å². The molecule has 0 saturated carbocycles. The Labute approximate surface area is 176 Å². The minimum absolute atomic E-state index is 0.0287. The zero-order valence-electron chi connectivity index (χ0n) is 16.5. The zero-order valence-corrected chi connectivity index (χ0v) is 17.2. The lowest BCUT2D eigenvalue weighted by atomic mass is 10.2. The minimum Gasteiger partial charge on any atom is -0.494 e. The van der Waals surface area contributed by atoms with Crippen LogP contribution in [0.5, 0.6) is 11.5 Å². The second-order valence-electron chi connectivity index (χ2n) is 6.73. The number of rotatable bonds is 6. The van der Waals surface area contributed by atoms with Crippen LogP contribution in [0.25, 0.3) is 0 Å². The fraction of sp³-hybridized carbons (Fsp3) is 0.364. The topological polar surface area (TPSA) is 59.1 Å². The highest BCUT2D eigenvalue weighted by Crippen LogP contribution is 2.18. The van der Waals surface area contributed by atoms with Gasteiger partial charge in [0.15, 0.2) is 6.61 Å². The Morgan fingerprint density at radius 2 is 1.45 bits per heavy atom. The largest absolute Gasteiger partial charge is 0.494 e. The fourth-order valence-electron chi connectivity index (χ4n) is 3.18.